The van der Waals surface area contributed by atoms with E-state index < -0.39 is 0 Å². The van der Waals surface area contributed by atoms with Crippen LogP contribution >= 0.6 is 0 Å². The van der Waals surface area contributed by atoms with Crippen LogP contribution in [0.25, 0.3) is 0 Å². The van der Waals surface area contributed by atoms with Gasteiger partial charge in [-0.2, -0.15) is 0 Å². The summed E-state index contributed by atoms with van der Waals surface area (Å²) in [5.74, 6) is 1.07. The van der Waals surface area contributed by atoms with Crippen LogP contribution in [0, 0.1) is 5.92 Å². The Hall–Kier alpha value is -0.0400. The minimum absolute atomic E-state index is 0.966. The first-order valence-corrected chi connectivity index (χ1v) is 4.58. The third-order valence-corrected chi connectivity index (χ3v) is 3.29. The summed E-state index contributed by atoms with van der Waals surface area (Å²) in [5, 5.41) is 0. The lowest BCUT2D eigenvalue weighted by molar-refractivity contribution is 0.215. The molecule has 0 spiro atoms. The van der Waals surface area contributed by atoms with Gasteiger partial charge in [-0.1, -0.05) is 12.8 Å². The van der Waals surface area contributed by atoms with Gasteiger partial charge in [-0.05, 0) is 38.8 Å². The summed E-state index contributed by atoms with van der Waals surface area (Å²) in [6.45, 7) is 1.36. The summed E-state index contributed by atoms with van der Waals surface area (Å²) in [4.78, 5) is 2.56. The van der Waals surface area contributed by atoms with E-state index in [0.29, 0.717) is 0 Å². The van der Waals surface area contributed by atoms with Crippen LogP contribution in [-0.2, 0) is 0 Å². The van der Waals surface area contributed by atoms with Gasteiger partial charge in [-0.15, -0.1) is 0 Å². The van der Waals surface area contributed by atoms with Crippen molar-refractivity contribution in [3.05, 3.63) is 0 Å². The van der Waals surface area contributed by atoms with Crippen molar-refractivity contribution >= 4 is 0 Å². The molecule has 0 N–H and O–H groups in total. The highest BCUT2D eigenvalue weighted by atomic mass is 15.2. The fraction of sp³-hybridized carbons (Fsp3) is 1.00. The molecular weight excluding hydrogens is 122 g/mol. The van der Waals surface area contributed by atoms with Crippen molar-refractivity contribution in [3.8, 4) is 0 Å². The maximum Gasteiger partial charge on any atom is 0.0121 e. The highest BCUT2D eigenvalue weighted by Gasteiger charge is 2.32. The molecule has 0 aromatic carbocycles. The number of hydrogen-bond acceptors (Lipinski definition) is 1. The SMILES string of the molecule is CN1CCC2CCCCC21. The van der Waals surface area contributed by atoms with E-state index in [1.54, 1.807) is 0 Å². The molecule has 0 aromatic rings. The summed E-state index contributed by atoms with van der Waals surface area (Å²) in [5.41, 5.74) is 0. The third-order valence-electron chi connectivity index (χ3n) is 3.29. The van der Waals surface area contributed by atoms with E-state index in [-0.39, 0.29) is 0 Å². The van der Waals surface area contributed by atoms with Crippen LogP contribution < -0.4 is 0 Å². The Labute approximate surface area is 63.4 Å². The minimum atomic E-state index is 0.966. The summed E-state index contributed by atoms with van der Waals surface area (Å²) in [6, 6.07) is 0.966. The van der Waals surface area contributed by atoms with E-state index in [1.807, 2.05) is 0 Å². The summed E-state index contributed by atoms with van der Waals surface area (Å²) in [7, 11) is 2.29. The Bertz CT molecular complexity index is 120. The lowest BCUT2D eigenvalue weighted by Gasteiger charge is -2.28. The Morgan fingerprint density at radius 1 is 1.10 bits per heavy atom. The highest BCUT2D eigenvalue weighted by Crippen LogP contribution is 2.34. The average Bonchev–Trinajstić information content (AvgIpc) is 2.34. The molecule has 2 fully saturated rings. The van der Waals surface area contributed by atoms with E-state index in [0.717, 1.165) is 12.0 Å². The monoisotopic (exact) mass is 139 g/mol. The molecule has 2 unspecified atom stereocenters. The van der Waals surface area contributed by atoms with E-state index in [1.165, 1.54) is 38.6 Å². The van der Waals surface area contributed by atoms with Crippen LogP contribution in [0.1, 0.15) is 32.1 Å². The van der Waals surface area contributed by atoms with Crippen LogP contribution in [0.15, 0.2) is 0 Å². The number of rotatable bonds is 0. The van der Waals surface area contributed by atoms with Crippen molar-refractivity contribution in [2.75, 3.05) is 13.6 Å². The van der Waals surface area contributed by atoms with Gasteiger partial charge >= 0.3 is 0 Å². The van der Waals surface area contributed by atoms with Crippen LogP contribution in [-0.4, -0.2) is 24.5 Å². The second kappa shape index (κ2) is 2.54. The largest absolute Gasteiger partial charge is 0.303 e. The van der Waals surface area contributed by atoms with Gasteiger partial charge in [0.25, 0.3) is 0 Å². The second-order valence-electron chi connectivity index (χ2n) is 3.88. The van der Waals surface area contributed by atoms with Crippen molar-refractivity contribution < 1.29 is 0 Å². The molecule has 2 atom stereocenters. The quantitative estimate of drug-likeness (QED) is 0.495. The molecule has 1 aliphatic heterocycles. The van der Waals surface area contributed by atoms with E-state index >= 15 is 0 Å². The first-order chi connectivity index (χ1) is 4.88. The minimum Gasteiger partial charge on any atom is -0.303 e. The van der Waals surface area contributed by atoms with E-state index in [9.17, 15) is 0 Å². The molecule has 1 aliphatic carbocycles. The molecule has 1 heteroatoms. The third kappa shape index (κ3) is 0.968. The molecule has 0 radical (unpaired) electrons. The Morgan fingerprint density at radius 2 is 1.90 bits per heavy atom. The number of nitrogens with zero attached hydrogens (tertiary/aromatic N) is 1. The van der Waals surface area contributed by atoms with Gasteiger partial charge in [0.2, 0.25) is 0 Å². The van der Waals surface area contributed by atoms with Crippen molar-refractivity contribution in [1.29, 1.82) is 0 Å². The lowest BCUT2D eigenvalue weighted by atomic mass is 9.85. The van der Waals surface area contributed by atoms with Gasteiger partial charge in [0.1, 0.15) is 0 Å². The Balaban J connectivity index is 2.01. The van der Waals surface area contributed by atoms with Gasteiger partial charge in [-0.3, -0.25) is 0 Å². The lowest BCUT2D eigenvalue weighted by Crippen LogP contribution is -2.31. The fourth-order valence-electron chi connectivity index (χ4n) is 2.64. The first kappa shape index (κ1) is 6.66. The molecule has 0 bridgehead atoms. The average molecular weight is 139 g/mol. The molecule has 1 saturated carbocycles. The topological polar surface area (TPSA) is 3.24 Å². The predicted molar refractivity (Wildman–Crippen MR) is 43.0 cm³/mol. The molecule has 0 amide bonds. The molecule has 2 rings (SSSR count). The Morgan fingerprint density at radius 3 is 2.70 bits per heavy atom. The fourth-order valence-corrected chi connectivity index (χ4v) is 2.64. The maximum atomic E-state index is 2.56. The molecule has 1 saturated heterocycles. The zero-order chi connectivity index (χ0) is 6.97. The summed E-state index contributed by atoms with van der Waals surface area (Å²) < 4.78 is 0. The van der Waals surface area contributed by atoms with Crippen molar-refractivity contribution in [1.82, 2.24) is 4.90 Å². The Kier molecular flexibility index (Phi) is 1.69. The van der Waals surface area contributed by atoms with Crippen molar-refractivity contribution in [2.24, 2.45) is 5.92 Å². The molecule has 0 aromatic heterocycles. The van der Waals surface area contributed by atoms with Crippen LogP contribution in [0.2, 0.25) is 0 Å². The normalized spacial score (nSPS) is 41.7. The van der Waals surface area contributed by atoms with Crippen molar-refractivity contribution in [3.63, 3.8) is 0 Å². The molecular formula is C9H17N. The number of hydrogen-bond donors (Lipinski definition) is 0. The highest BCUT2D eigenvalue weighted by molar-refractivity contribution is 4.87. The van der Waals surface area contributed by atoms with Crippen molar-refractivity contribution in [2.45, 2.75) is 38.1 Å². The van der Waals surface area contributed by atoms with Gasteiger partial charge in [-0.25, -0.2) is 0 Å². The summed E-state index contributed by atoms with van der Waals surface area (Å²) >= 11 is 0. The molecule has 1 heterocycles. The molecule has 58 valence electrons. The van der Waals surface area contributed by atoms with E-state index in [2.05, 4.69) is 11.9 Å². The number of likely N-dealkylation sites (tertiary alicyclic amines) is 1. The van der Waals surface area contributed by atoms with Gasteiger partial charge in [0, 0.05) is 6.04 Å². The zero-order valence-corrected chi connectivity index (χ0v) is 6.84. The molecule has 10 heavy (non-hydrogen) atoms. The van der Waals surface area contributed by atoms with E-state index in [4.69, 9.17) is 0 Å². The maximum absolute atomic E-state index is 2.56. The van der Waals surface area contributed by atoms with Gasteiger partial charge < -0.3 is 4.90 Å². The molecule has 2 aliphatic rings. The smallest absolute Gasteiger partial charge is 0.0121 e. The second-order valence-corrected chi connectivity index (χ2v) is 3.88. The van der Waals surface area contributed by atoms with Crippen LogP contribution in [0.3, 0.4) is 0 Å². The van der Waals surface area contributed by atoms with Gasteiger partial charge in [0.15, 0.2) is 0 Å². The zero-order valence-electron chi connectivity index (χ0n) is 6.84. The number of fused-ring (bicyclic) bond motifs is 1. The summed E-state index contributed by atoms with van der Waals surface area (Å²) in [6.07, 6.45) is 7.43. The van der Waals surface area contributed by atoms with Gasteiger partial charge in [0.05, 0.1) is 0 Å². The standard InChI is InChI=1S/C9H17N/c1-10-7-6-8-4-2-3-5-9(8)10/h8-9H,2-7H2,1H3. The van der Waals surface area contributed by atoms with Crippen LogP contribution in [0.5, 0.6) is 0 Å². The first-order valence-electron chi connectivity index (χ1n) is 4.58. The van der Waals surface area contributed by atoms with Crippen LogP contribution in [0.4, 0.5) is 0 Å². The predicted octanol–water partition coefficient (Wildman–Crippen LogP) is 1.88. The molecule has 1 nitrogen and oxygen atoms in total.